The molecule has 5 nitrogen and oxygen atoms in total. The molecule has 0 radical (unpaired) electrons. The largest absolute Gasteiger partial charge is 0.346 e. The van der Waals surface area contributed by atoms with Crippen molar-refractivity contribution in [2.45, 2.75) is 45.1 Å². The molecule has 24 heavy (non-hydrogen) atoms. The summed E-state index contributed by atoms with van der Waals surface area (Å²) in [5, 5.41) is 7.77. The predicted molar refractivity (Wildman–Crippen MR) is 94.1 cm³/mol. The van der Waals surface area contributed by atoms with Crippen LogP contribution in [-0.4, -0.2) is 27.9 Å². The number of carbonyl (C=O) groups is 1. The molecular weight excluding hydrogens is 300 g/mol. The number of carbonyl (C=O) groups excluding carboxylic acids is 1. The normalized spacial score (nSPS) is 18.0. The van der Waals surface area contributed by atoms with Crippen LogP contribution in [0.25, 0.3) is 0 Å². The zero-order valence-electron chi connectivity index (χ0n) is 14.0. The van der Waals surface area contributed by atoms with Crippen molar-refractivity contribution in [2.24, 2.45) is 4.99 Å². The Bertz CT molecular complexity index is 785. The fourth-order valence-corrected chi connectivity index (χ4v) is 3.68. The summed E-state index contributed by atoms with van der Waals surface area (Å²) < 4.78 is 2.02. The van der Waals surface area contributed by atoms with E-state index in [9.17, 15) is 4.79 Å². The quantitative estimate of drug-likeness (QED) is 0.941. The second-order valence-corrected chi connectivity index (χ2v) is 6.49. The van der Waals surface area contributed by atoms with E-state index in [1.807, 2.05) is 41.9 Å². The highest BCUT2D eigenvalue weighted by molar-refractivity contribution is 6.10. The number of aliphatic imine (C=N–C) groups is 1. The van der Waals surface area contributed by atoms with Gasteiger partial charge >= 0.3 is 0 Å². The zero-order valence-corrected chi connectivity index (χ0v) is 14.0. The van der Waals surface area contributed by atoms with E-state index in [2.05, 4.69) is 5.32 Å². The van der Waals surface area contributed by atoms with Crippen molar-refractivity contribution in [1.29, 1.82) is 0 Å². The first kappa shape index (κ1) is 15.1. The van der Waals surface area contributed by atoms with E-state index in [4.69, 9.17) is 10.1 Å². The first-order valence-electron chi connectivity index (χ1n) is 8.80. The molecule has 0 spiro atoms. The van der Waals surface area contributed by atoms with Gasteiger partial charge in [-0.1, -0.05) is 50.1 Å². The topological polar surface area (TPSA) is 59.3 Å². The lowest BCUT2D eigenvalue weighted by atomic mass is 10.1. The van der Waals surface area contributed by atoms with E-state index in [0.29, 0.717) is 18.2 Å². The zero-order chi connectivity index (χ0) is 16.5. The Balaban J connectivity index is 1.87. The first-order chi connectivity index (χ1) is 11.8. The number of amides is 1. The van der Waals surface area contributed by atoms with Crippen LogP contribution in [0.2, 0.25) is 0 Å². The van der Waals surface area contributed by atoms with Gasteiger partial charge in [0.25, 0.3) is 5.91 Å². The lowest BCUT2D eigenvalue weighted by Crippen LogP contribution is -2.28. The SMILES string of the molecule is CCc1nn(C2CCCC2)c2c1C(=O)NCC(c1ccccc1)=N2. The summed E-state index contributed by atoms with van der Waals surface area (Å²) in [6.07, 6.45) is 5.43. The second-order valence-electron chi connectivity index (χ2n) is 6.49. The molecular formula is C19H22N4O. The number of nitrogens with one attached hydrogen (secondary N) is 1. The van der Waals surface area contributed by atoms with E-state index < -0.39 is 0 Å². The number of fused-ring (bicyclic) bond motifs is 1. The predicted octanol–water partition coefficient (Wildman–Crippen LogP) is 3.42. The molecule has 1 aromatic carbocycles. The minimum Gasteiger partial charge on any atom is -0.346 e. The van der Waals surface area contributed by atoms with Crippen molar-refractivity contribution in [3.05, 3.63) is 47.2 Å². The highest BCUT2D eigenvalue weighted by Gasteiger charge is 2.30. The molecule has 2 aromatic rings. The fraction of sp³-hybridized carbons (Fsp3) is 0.421. The highest BCUT2D eigenvalue weighted by atomic mass is 16.1. The van der Waals surface area contributed by atoms with E-state index in [0.717, 1.165) is 42.0 Å². The minimum absolute atomic E-state index is 0.0548. The van der Waals surface area contributed by atoms with Gasteiger partial charge in [-0.2, -0.15) is 5.10 Å². The summed E-state index contributed by atoms with van der Waals surface area (Å²) in [6.45, 7) is 2.49. The van der Waals surface area contributed by atoms with E-state index in [-0.39, 0.29) is 5.91 Å². The molecule has 1 aliphatic heterocycles. The average molecular weight is 322 g/mol. The van der Waals surface area contributed by atoms with Crippen molar-refractivity contribution in [3.8, 4) is 0 Å². The summed E-state index contributed by atoms with van der Waals surface area (Å²) in [5.41, 5.74) is 3.45. The monoisotopic (exact) mass is 322 g/mol. The Morgan fingerprint density at radius 2 is 1.96 bits per heavy atom. The summed E-state index contributed by atoms with van der Waals surface area (Å²) in [7, 11) is 0. The van der Waals surface area contributed by atoms with Gasteiger partial charge in [-0.05, 0) is 24.8 Å². The number of aromatic nitrogens is 2. The Morgan fingerprint density at radius 1 is 1.21 bits per heavy atom. The van der Waals surface area contributed by atoms with Crippen LogP contribution in [-0.2, 0) is 6.42 Å². The Kier molecular flexibility index (Phi) is 3.92. The maximum atomic E-state index is 12.7. The molecule has 1 aliphatic carbocycles. The number of hydrogen-bond donors (Lipinski definition) is 1. The minimum atomic E-state index is -0.0548. The van der Waals surface area contributed by atoms with E-state index >= 15 is 0 Å². The third-order valence-corrected chi connectivity index (χ3v) is 4.95. The number of benzene rings is 1. The second kappa shape index (κ2) is 6.23. The summed E-state index contributed by atoms with van der Waals surface area (Å²) in [5.74, 6) is 0.688. The smallest absolute Gasteiger partial charge is 0.257 e. The first-order valence-corrected chi connectivity index (χ1v) is 8.80. The summed E-state index contributed by atoms with van der Waals surface area (Å²) >= 11 is 0. The Hall–Kier alpha value is -2.43. The number of nitrogens with zero attached hydrogens (tertiary/aromatic N) is 3. The van der Waals surface area contributed by atoms with Gasteiger partial charge in [-0.25, -0.2) is 9.67 Å². The maximum Gasteiger partial charge on any atom is 0.257 e. The summed E-state index contributed by atoms with van der Waals surface area (Å²) in [6, 6.07) is 10.4. The molecule has 0 atom stereocenters. The fourth-order valence-electron chi connectivity index (χ4n) is 3.68. The van der Waals surface area contributed by atoms with Gasteiger partial charge in [0.15, 0.2) is 5.82 Å². The molecule has 2 aliphatic rings. The molecule has 1 amide bonds. The number of rotatable bonds is 3. The van der Waals surface area contributed by atoms with Crippen LogP contribution in [0.15, 0.2) is 35.3 Å². The van der Waals surface area contributed by atoms with Gasteiger partial charge in [0.1, 0.15) is 5.56 Å². The van der Waals surface area contributed by atoms with Crippen LogP contribution in [0.5, 0.6) is 0 Å². The van der Waals surface area contributed by atoms with Gasteiger partial charge in [0.2, 0.25) is 0 Å². The molecule has 5 heteroatoms. The number of aryl methyl sites for hydroxylation is 1. The molecule has 1 saturated carbocycles. The molecule has 2 heterocycles. The summed E-state index contributed by atoms with van der Waals surface area (Å²) in [4.78, 5) is 17.6. The van der Waals surface area contributed by atoms with Crippen molar-refractivity contribution in [2.75, 3.05) is 6.54 Å². The van der Waals surface area contributed by atoms with Crippen molar-refractivity contribution >= 4 is 17.4 Å². The average Bonchev–Trinajstić information content (AvgIpc) is 3.22. The van der Waals surface area contributed by atoms with Gasteiger partial charge in [-0.3, -0.25) is 4.79 Å². The standard InChI is InChI=1S/C19H22N4O/c1-2-15-17-18(23(22-15)14-10-6-7-11-14)21-16(12-20-19(17)24)13-8-4-3-5-9-13/h3-5,8-9,14H,2,6-7,10-12H2,1H3,(H,20,24). The van der Waals surface area contributed by atoms with Crippen molar-refractivity contribution in [1.82, 2.24) is 15.1 Å². The van der Waals surface area contributed by atoms with Crippen molar-refractivity contribution < 1.29 is 4.79 Å². The molecule has 1 aromatic heterocycles. The van der Waals surface area contributed by atoms with Crippen LogP contribution < -0.4 is 5.32 Å². The molecule has 4 rings (SSSR count). The van der Waals surface area contributed by atoms with Crippen LogP contribution in [0, 0.1) is 0 Å². The maximum absolute atomic E-state index is 12.7. The highest BCUT2D eigenvalue weighted by Crippen LogP contribution is 2.36. The van der Waals surface area contributed by atoms with E-state index in [1.165, 1.54) is 12.8 Å². The number of hydrogen-bond acceptors (Lipinski definition) is 3. The van der Waals surface area contributed by atoms with Gasteiger partial charge < -0.3 is 5.32 Å². The van der Waals surface area contributed by atoms with Crippen molar-refractivity contribution in [3.63, 3.8) is 0 Å². The van der Waals surface area contributed by atoms with Gasteiger partial charge in [0.05, 0.1) is 24.0 Å². The Morgan fingerprint density at radius 3 is 2.67 bits per heavy atom. The molecule has 0 saturated heterocycles. The van der Waals surface area contributed by atoms with Crippen LogP contribution in [0.3, 0.4) is 0 Å². The third kappa shape index (κ3) is 2.54. The molecule has 1 N–H and O–H groups in total. The molecule has 1 fully saturated rings. The molecule has 0 bridgehead atoms. The lowest BCUT2D eigenvalue weighted by Gasteiger charge is -2.12. The van der Waals surface area contributed by atoms with Crippen LogP contribution >= 0.6 is 0 Å². The lowest BCUT2D eigenvalue weighted by molar-refractivity contribution is 0.0960. The molecule has 0 unspecified atom stereocenters. The Labute approximate surface area is 141 Å². The van der Waals surface area contributed by atoms with E-state index in [1.54, 1.807) is 0 Å². The van der Waals surface area contributed by atoms with Crippen LogP contribution in [0.4, 0.5) is 5.82 Å². The third-order valence-electron chi connectivity index (χ3n) is 4.95. The molecule has 124 valence electrons. The van der Waals surface area contributed by atoms with Crippen LogP contribution in [0.1, 0.15) is 60.3 Å². The van der Waals surface area contributed by atoms with Gasteiger partial charge in [0, 0.05) is 0 Å². The van der Waals surface area contributed by atoms with Gasteiger partial charge in [-0.15, -0.1) is 0 Å².